The molecule has 0 saturated carbocycles. The van der Waals surface area contributed by atoms with E-state index in [0.29, 0.717) is 18.2 Å². The second-order valence-corrected chi connectivity index (χ2v) is 4.35. The van der Waals surface area contributed by atoms with Gasteiger partial charge in [-0.25, -0.2) is 4.98 Å². The molecule has 6 heteroatoms. The molecule has 5 nitrogen and oxygen atoms in total. The molecule has 3 aromatic rings. The Morgan fingerprint density at radius 2 is 2.28 bits per heavy atom. The molecular weight excluding hydrogens is 252 g/mol. The predicted octanol–water partition coefficient (Wildman–Crippen LogP) is 2.51. The van der Waals surface area contributed by atoms with Crippen LogP contribution in [0.2, 0.25) is 0 Å². The quantitative estimate of drug-likeness (QED) is 0.681. The van der Waals surface area contributed by atoms with Crippen LogP contribution in [0.25, 0.3) is 11.0 Å². The van der Waals surface area contributed by atoms with Crippen molar-refractivity contribution in [1.82, 2.24) is 19.7 Å². The van der Waals surface area contributed by atoms with Gasteiger partial charge in [0.05, 0.1) is 23.5 Å². The lowest BCUT2D eigenvalue weighted by molar-refractivity contribution is 0.408. The average molecular weight is 263 g/mol. The van der Waals surface area contributed by atoms with Gasteiger partial charge in [0.1, 0.15) is 5.82 Å². The predicted molar refractivity (Wildman–Crippen MR) is 67.4 cm³/mol. The zero-order valence-electron chi connectivity index (χ0n) is 9.80. The number of nitrogens with zero attached hydrogens (tertiary/aromatic N) is 4. The molecule has 1 aromatic carbocycles. The van der Waals surface area contributed by atoms with Crippen molar-refractivity contribution in [2.75, 3.05) is 0 Å². The number of aryl methyl sites for hydroxylation is 1. The summed E-state index contributed by atoms with van der Waals surface area (Å²) in [5, 5.41) is 3.81. The molecule has 0 aliphatic carbocycles. The van der Waals surface area contributed by atoms with Crippen LogP contribution in [0.3, 0.4) is 0 Å². The third kappa shape index (κ3) is 1.86. The van der Waals surface area contributed by atoms with Gasteiger partial charge in [0.15, 0.2) is 5.82 Å². The molecular formula is C12H11ClN4O. The standard InChI is InChI=1S/C12H11ClN4O/c1-8-2-3-10-9(4-8)15-12(5-13)17(10)6-11-14-7-18-16-11/h2-4,7H,5-6H2,1H3. The first-order valence-electron chi connectivity index (χ1n) is 5.55. The van der Waals surface area contributed by atoms with Gasteiger partial charge in [-0.05, 0) is 24.6 Å². The molecule has 0 atom stereocenters. The summed E-state index contributed by atoms with van der Waals surface area (Å²) in [6.45, 7) is 2.55. The Bertz CT molecular complexity index is 675. The van der Waals surface area contributed by atoms with Crippen LogP contribution >= 0.6 is 11.6 Å². The topological polar surface area (TPSA) is 56.7 Å². The average Bonchev–Trinajstić information content (AvgIpc) is 2.97. The fraction of sp³-hybridized carbons (Fsp3) is 0.250. The highest BCUT2D eigenvalue weighted by atomic mass is 35.5. The van der Waals surface area contributed by atoms with E-state index in [0.717, 1.165) is 16.9 Å². The molecule has 0 aliphatic heterocycles. The lowest BCUT2D eigenvalue weighted by Crippen LogP contribution is -2.05. The van der Waals surface area contributed by atoms with E-state index in [1.807, 2.05) is 23.6 Å². The Kier molecular flexibility index (Phi) is 2.76. The highest BCUT2D eigenvalue weighted by molar-refractivity contribution is 6.16. The van der Waals surface area contributed by atoms with E-state index in [1.165, 1.54) is 12.0 Å². The fourth-order valence-corrected chi connectivity index (χ4v) is 2.18. The number of imidazole rings is 1. The molecule has 3 rings (SSSR count). The molecule has 0 bridgehead atoms. The maximum atomic E-state index is 5.94. The van der Waals surface area contributed by atoms with E-state index in [-0.39, 0.29) is 0 Å². The van der Waals surface area contributed by atoms with Gasteiger partial charge in [-0.2, -0.15) is 4.98 Å². The molecule has 0 unspecified atom stereocenters. The van der Waals surface area contributed by atoms with Crippen molar-refractivity contribution < 1.29 is 4.52 Å². The fourth-order valence-electron chi connectivity index (χ4n) is 1.97. The van der Waals surface area contributed by atoms with Crippen LogP contribution in [0.1, 0.15) is 17.2 Å². The molecule has 18 heavy (non-hydrogen) atoms. The number of fused-ring (bicyclic) bond motifs is 1. The van der Waals surface area contributed by atoms with Gasteiger partial charge in [-0.3, -0.25) is 0 Å². The summed E-state index contributed by atoms with van der Waals surface area (Å²) in [4.78, 5) is 8.54. The van der Waals surface area contributed by atoms with Crippen LogP contribution in [0, 0.1) is 6.92 Å². The molecule has 0 N–H and O–H groups in total. The van der Waals surface area contributed by atoms with Crippen LogP contribution in [0.5, 0.6) is 0 Å². The Hall–Kier alpha value is -1.88. The monoisotopic (exact) mass is 262 g/mol. The molecule has 2 heterocycles. The lowest BCUT2D eigenvalue weighted by Gasteiger charge is -2.04. The third-order valence-corrected chi connectivity index (χ3v) is 3.05. The first-order chi connectivity index (χ1) is 8.78. The van der Waals surface area contributed by atoms with Gasteiger partial charge in [0.25, 0.3) is 0 Å². The van der Waals surface area contributed by atoms with Crippen molar-refractivity contribution in [3.63, 3.8) is 0 Å². The number of aromatic nitrogens is 4. The number of hydrogen-bond donors (Lipinski definition) is 0. The SMILES string of the molecule is Cc1ccc2c(c1)nc(CCl)n2Cc1ncon1. The van der Waals surface area contributed by atoms with Crippen LogP contribution in [-0.4, -0.2) is 19.7 Å². The molecule has 2 aromatic heterocycles. The summed E-state index contributed by atoms with van der Waals surface area (Å²) in [5.41, 5.74) is 3.14. The number of hydrogen-bond acceptors (Lipinski definition) is 4. The molecule has 0 spiro atoms. The van der Waals surface area contributed by atoms with Crippen LogP contribution in [0.15, 0.2) is 29.1 Å². The van der Waals surface area contributed by atoms with Gasteiger partial charge in [-0.15, -0.1) is 11.6 Å². The van der Waals surface area contributed by atoms with E-state index in [4.69, 9.17) is 16.1 Å². The summed E-state index contributed by atoms with van der Waals surface area (Å²) in [5.74, 6) is 1.77. The van der Waals surface area contributed by atoms with Crippen LogP contribution in [0.4, 0.5) is 0 Å². The highest BCUT2D eigenvalue weighted by Gasteiger charge is 2.12. The molecule has 92 valence electrons. The zero-order chi connectivity index (χ0) is 12.5. The van der Waals surface area contributed by atoms with Crippen LogP contribution in [-0.2, 0) is 12.4 Å². The van der Waals surface area contributed by atoms with Gasteiger partial charge in [-0.1, -0.05) is 11.2 Å². The highest BCUT2D eigenvalue weighted by Crippen LogP contribution is 2.19. The van der Waals surface area contributed by atoms with Crippen molar-refractivity contribution in [1.29, 1.82) is 0 Å². The maximum Gasteiger partial charge on any atom is 0.213 e. The van der Waals surface area contributed by atoms with E-state index in [1.54, 1.807) is 0 Å². The van der Waals surface area contributed by atoms with Gasteiger partial charge < -0.3 is 9.09 Å². The first kappa shape index (κ1) is 11.2. The summed E-state index contributed by atoms with van der Waals surface area (Å²) in [7, 11) is 0. The normalized spacial score (nSPS) is 11.2. The summed E-state index contributed by atoms with van der Waals surface area (Å²) < 4.78 is 6.75. The number of rotatable bonds is 3. The molecule has 0 aliphatic rings. The minimum absolute atomic E-state index is 0.353. The minimum Gasteiger partial charge on any atom is -0.343 e. The largest absolute Gasteiger partial charge is 0.343 e. The Labute approximate surface area is 108 Å². The molecule has 0 radical (unpaired) electrons. The van der Waals surface area contributed by atoms with Gasteiger partial charge in [0.2, 0.25) is 6.39 Å². The van der Waals surface area contributed by atoms with Crippen molar-refractivity contribution in [2.24, 2.45) is 0 Å². The number of halogens is 1. The van der Waals surface area contributed by atoms with Gasteiger partial charge in [0, 0.05) is 0 Å². The summed E-state index contributed by atoms with van der Waals surface area (Å²) >= 11 is 5.94. The summed E-state index contributed by atoms with van der Waals surface area (Å²) in [6, 6.07) is 6.13. The van der Waals surface area contributed by atoms with Crippen molar-refractivity contribution in [2.45, 2.75) is 19.3 Å². The Morgan fingerprint density at radius 1 is 1.39 bits per heavy atom. The maximum absolute atomic E-state index is 5.94. The third-order valence-electron chi connectivity index (χ3n) is 2.81. The molecule has 0 amide bonds. The van der Waals surface area contributed by atoms with Crippen LogP contribution < -0.4 is 0 Å². The summed E-state index contributed by atoms with van der Waals surface area (Å²) in [6.07, 6.45) is 1.32. The number of benzene rings is 1. The lowest BCUT2D eigenvalue weighted by atomic mass is 10.2. The molecule has 0 saturated heterocycles. The smallest absolute Gasteiger partial charge is 0.213 e. The second-order valence-electron chi connectivity index (χ2n) is 4.09. The minimum atomic E-state index is 0.353. The number of alkyl halides is 1. The van der Waals surface area contributed by atoms with E-state index in [2.05, 4.69) is 21.2 Å². The Morgan fingerprint density at radius 3 is 3.00 bits per heavy atom. The molecule has 0 fully saturated rings. The second kappa shape index (κ2) is 4.42. The van der Waals surface area contributed by atoms with E-state index in [9.17, 15) is 0 Å². The van der Waals surface area contributed by atoms with E-state index < -0.39 is 0 Å². The zero-order valence-corrected chi connectivity index (χ0v) is 10.6. The van der Waals surface area contributed by atoms with Gasteiger partial charge >= 0.3 is 0 Å². The Balaban J connectivity index is 2.13. The van der Waals surface area contributed by atoms with Crippen molar-refractivity contribution in [3.05, 3.63) is 41.8 Å². The first-order valence-corrected chi connectivity index (χ1v) is 6.08. The van der Waals surface area contributed by atoms with Crippen molar-refractivity contribution in [3.8, 4) is 0 Å². The van der Waals surface area contributed by atoms with Crippen molar-refractivity contribution >= 4 is 22.6 Å². The van der Waals surface area contributed by atoms with E-state index >= 15 is 0 Å².